The molecule has 0 spiro atoms. The molecule has 1 unspecified atom stereocenters. The van der Waals surface area contributed by atoms with Crippen molar-refractivity contribution in [3.05, 3.63) is 69.2 Å². The number of hydrogen-bond acceptors (Lipinski definition) is 1. The fourth-order valence-corrected chi connectivity index (χ4v) is 3.83. The van der Waals surface area contributed by atoms with Gasteiger partial charge < -0.3 is 5.32 Å². The molecule has 0 amide bonds. The van der Waals surface area contributed by atoms with E-state index < -0.39 is 0 Å². The lowest BCUT2D eigenvalue weighted by atomic mass is 10.0. The van der Waals surface area contributed by atoms with Crippen LogP contribution in [-0.2, 0) is 6.42 Å². The predicted molar refractivity (Wildman–Crippen MR) is 87.9 cm³/mol. The Morgan fingerprint density at radius 1 is 1.15 bits per heavy atom. The Morgan fingerprint density at radius 3 is 2.75 bits per heavy atom. The summed E-state index contributed by atoms with van der Waals surface area (Å²) in [6, 6.07) is 16.0. The van der Waals surface area contributed by atoms with E-state index in [0.717, 1.165) is 6.42 Å². The van der Waals surface area contributed by atoms with Crippen molar-refractivity contribution < 1.29 is 0 Å². The number of hydrogen-bond donors (Lipinski definition) is 1. The van der Waals surface area contributed by atoms with Gasteiger partial charge in [-0.1, -0.05) is 52.3 Å². The van der Waals surface area contributed by atoms with E-state index in [-0.39, 0.29) is 0 Å². The highest BCUT2D eigenvalue weighted by Crippen LogP contribution is 2.37. The van der Waals surface area contributed by atoms with E-state index in [1.807, 2.05) is 0 Å². The molecule has 0 fully saturated rings. The third-order valence-corrected chi connectivity index (χ3v) is 5.06. The number of rotatable bonds is 3. The highest BCUT2D eigenvalue weighted by molar-refractivity contribution is 9.10. The van der Waals surface area contributed by atoms with Crippen LogP contribution in [0.15, 0.2) is 46.9 Å². The van der Waals surface area contributed by atoms with Crippen molar-refractivity contribution in [1.82, 2.24) is 5.32 Å². The molecule has 3 rings (SSSR count). The minimum Gasteiger partial charge on any atom is -0.303 e. The molecule has 1 nitrogen and oxygen atoms in total. The van der Waals surface area contributed by atoms with Gasteiger partial charge in [0.2, 0.25) is 0 Å². The summed E-state index contributed by atoms with van der Waals surface area (Å²) < 4.78 is 1.25. The van der Waals surface area contributed by atoms with Crippen molar-refractivity contribution in [1.29, 1.82) is 0 Å². The van der Waals surface area contributed by atoms with E-state index in [0.29, 0.717) is 12.1 Å². The van der Waals surface area contributed by atoms with Gasteiger partial charge in [-0.05, 0) is 55.0 Å². The van der Waals surface area contributed by atoms with Gasteiger partial charge in [-0.3, -0.25) is 0 Å². The standard InChI is InChI=1S/C18H20BrN/c1-12-6-3-4-7-14(12)13(2)20-18-11-10-15-16(18)8-5-9-17(15)19/h3-9,13,18,20H,10-11H2,1-2H3/t13-,18?/m0/s1. The first-order valence-corrected chi connectivity index (χ1v) is 8.05. The molecule has 2 heteroatoms. The summed E-state index contributed by atoms with van der Waals surface area (Å²) in [5.74, 6) is 0. The van der Waals surface area contributed by atoms with Crippen LogP contribution in [-0.4, -0.2) is 0 Å². The van der Waals surface area contributed by atoms with Crippen LogP contribution in [0.25, 0.3) is 0 Å². The predicted octanol–water partition coefficient (Wildman–Crippen LogP) is 5.10. The van der Waals surface area contributed by atoms with Crippen molar-refractivity contribution in [2.45, 2.75) is 38.8 Å². The van der Waals surface area contributed by atoms with Crippen LogP contribution in [0.1, 0.15) is 47.7 Å². The van der Waals surface area contributed by atoms with E-state index in [1.165, 1.54) is 33.1 Å². The molecule has 0 aromatic heterocycles. The molecular weight excluding hydrogens is 310 g/mol. The van der Waals surface area contributed by atoms with Gasteiger partial charge in [0.15, 0.2) is 0 Å². The lowest BCUT2D eigenvalue weighted by Crippen LogP contribution is -2.23. The summed E-state index contributed by atoms with van der Waals surface area (Å²) in [4.78, 5) is 0. The van der Waals surface area contributed by atoms with Crippen molar-refractivity contribution in [2.24, 2.45) is 0 Å². The Balaban J connectivity index is 1.81. The van der Waals surface area contributed by atoms with Gasteiger partial charge >= 0.3 is 0 Å². The maximum atomic E-state index is 3.80. The molecule has 20 heavy (non-hydrogen) atoms. The number of benzene rings is 2. The van der Waals surface area contributed by atoms with Crippen molar-refractivity contribution in [3.63, 3.8) is 0 Å². The molecule has 0 heterocycles. The minimum absolute atomic E-state index is 0.381. The van der Waals surface area contributed by atoms with E-state index in [9.17, 15) is 0 Å². The zero-order valence-corrected chi connectivity index (χ0v) is 13.6. The molecule has 1 aliphatic carbocycles. The highest BCUT2D eigenvalue weighted by atomic mass is 79.9. The third kappa shape index (κ3) is 2.55. The minimum atomic E-state index is 0.381. The summed E-state index contributed by atoms with van der Waals surface area (Å²) in [5.41, 5.74) is 5.69. The van der Waals surface area contributed by atoms with Gasteiger partial charge in [0.1, 0.15) is 0 Å². The zero-order valence-electron chi connectivity index (χ0n) is 12.0. The quantitative estimate of drug-likeness (QED) is 0.826. The van der Waals surface area contributed by atoms with Gasteiger partial charge in [-0.25, -0.2) is 0 Å². The molecule has 2 aromatic rings. The van der Waals surface area contributed by atoms with Gasteiger partial charge in [-0.2, -0.15) is 0 Å². The largest absolute Gasteiger partial charge is 0.303 e. The molecule has 0 saturated carbocycles. The molecule has 0 aliphatic heterocycles. The lowest BCUT2D eigenvalue weighted by molar-refractivity contribution is 0.464. The SMILES string of the molecule is Cc1ccccc1[C@H](C)NC1CCc2c(Br)cccc21. The molecule has 2 aromatic carbocycles. The first-order chi connectivity index (χ1) is 9.66. The van der Waals surface area contributed by atoms with E-state index in [2.05, 4.69) is 77.6 Å². The Morgan fingerprint density at radius 2 is 1.95 bits per heavy atom. The zero-order chi connectivity index (χ0) is 14.1. The van der Waals surface area contributed by atoms with Gasteiger partial charge in [0.25, 0.3) is 0 Å². The van der Waals surface area contributed by atoms with Gasteiger partial charge in [0, 0.05) is 16.6 Å². The summed E-state index contributed by atoms with van der Waals surface area (Å²) in [5, 5.41) is 3.80. The smallest absolute Gasteiger partial charge is 0.0331 e. The summed E-state index contributed by atoms with van der Waals surface area (Å²) in [6.45, 7) is 4.45. The Bertz CT molecular complexity index is 621. The van der Waals surface area contributed by atoms with Crippen LogP contribution in [0.2, 0.25) is 0 Å². The van der Waals surface area contributed by atoms with Crippen LogP contribution < -0.4 is 5.32 Å². The molecular formula is C18H20BrN. The fourth-order valence-electron chi connectivity index (χ4n) is 3.25. The van der Waals surface area contributed by atoms with Gasteiger partial charge in [-0.15, -0.1) is 0 Å². The first-order valence-electron chi connectivity index (χ1n) is 7.25. The normalized spacial score (nSPS) is 18.9. The van der Waals surface area contributed by atoms with Crippen molar-refractivity contribution in [3.8, 4) is 0 Å². The van der Waals surface area contributed by atoms with E-state index >= 15 is 0 Å². The van der Waals surface area contributed by atoms with Crippen LogP contribution in [0.4, 0.5) is 0 Å². The molecule has 1 N–H and O–H groups in total. The van der Waals surface area contributed by atoms with Gasteiger partial charge in [0.05, 0.1) is 0 Å². The third-order valence-electron chi connectivity index (χ3n) is 4.32. The Hall–Kier alpha value is -1.12. The topological polar surface area (TPSA) is 12.0 Å². The second-order valence-electron chi connectivity index (χ2n) is 5.64. The van der Waals surface area contributed by atoms with Crippen molar-refractivity contribution >= 4 is 15.9 Å². The van der Waals surface area contributed by atoms with E-state index in [1.54, 1.807) is 0 Å². The summed E-state index contributed by atoms with van der Waals surface area (Å²) >= 11 is 3.67. The highest BCUT2D eigenvalue weighted by Gasteiger charge is 2.25. The molecule has 0 bridgehead atoms. The molecule has 2 atom stereocenters. The second-order valence-corrected chi connectivity index (χ2v) is 6.50. The Kier molecular flexibility index (Phi) is 3.95. The van der Waals surface area contributed by atoms with Crippen molar-refractivity contribution in [2.75, 3.05) is 0 Å². The lowest BCUT2D eigenvalue weighted by Gasteiger charge is -2.22. The second kappa shape index (κ2) is 5.71. The molecule has 1 aliphatic rings. The Labute approximate surface area is 129 Å². The maximum absolute atomic E-state index is 3.80. The number of nitrogens with one attached hydrogen (secondary N) is 1. The monoisotopic (exact) mass is 329 g/mol. The first kappa shape index (κ1) is 13.8. The number of fused-ring (bicyclic) bond motifs is 1. The van der Waals surface area contributed by atoms with Crippen LogP contribution in [0.5, 0.6) is 0 Å². The fraction of sp³-hybridized carbons (Fsp3) is 0.333. The number of halogens is 1. The molecule has 0 saturated heterocycles. The van der Waals surface area contributed by atoms with Crippen LogP contribution in [0.3, 0.4) is 0 Å². The summed E-state index contributed by atoms with van der Waals surface area (Å²) in [7, 11) is 0. The van der Waals surface area contributed by atoms with Crippen LogP contribution in [0, 0.1) is 6.92 Å². The molecule has 104 valence electrons. The van der Waals surface area contributed by atoms with E-state index in [4.69, 9.17) is 0 Å². The average Bonchev–Trinajstić information content (AvgIpc) is 2.84. The number of aryl methyl sites for hydroxylation is 1. The molecule has 0 radical (unpaired) electrons. The van der Waals surface area contributed by atoms with Crippen LogP contribution >= 0.6 is 15.9 Å². The maximum Gasteiger partial charge on any atom is 0.0331 e. The summed E-state index contributed by atoms with van der Waals surface area (Å²) in [6.07, 6.45) is 2.35. The average molecular weight is 330 g/mol.